The van der Waals surface area contributed by atoms with Gasteiger partial charge in [0.05, 0.1) is 25.4 Å². The predicted molar refractivity (Wildman–Crippen MR) is 116 cm³/mol. The smallest absolute Gasteiger partial charge is 0.228 e. The van der Waals surface area contributed by atoms with E-state index >= 15 is 0 Å². The van der Waals surface area contributed by atoms with Crippen LogP contribution in [0.3, 0.4) is 0 Å². The van der Waals surface area contributed by atoms with Crippen LogP contribution in [0.2, 0.25) is 0 Å². The molecule has 0 atom stereocenters. The van der Waals surface area contributed by atoms with Gasteiger partial charge >= 0.3 is 0 Å². The Balaban J connectivity index is 0.00000364. The molecule has 27 heavy (non-hydrogen) atoms. The van der Waals surface area contributed by atoms with Crippen molar-refractivity contribution in [2.24, 2.45) is 10.7 Å². The van der Waals surface area contributed by atoms with Gasteiger partial charge in [-0.05, 0) is 26.0 Å². The van der Waals surface area contributed by atoms with Crippen molar-refractivity contribution >= 4 is 35.6 Å². The molecule has 0 spiro atoms. The second-order valence-corrected chi connectivity index (χ2v) is 5.87. The first kappa shape index (κ1) is 23.0. The van der Waals surface area contributed by atoms with Crippen molar-refractivity contribution < 1.29 is 14.0 Å². The van der Waals surface area contributed by atoms with Crippen molar-refractivity contribution in [3.05, 3.63) is 29.9 Å². The minimum absolute atomic E-state index is 0. The summed E-state index contributed by atoms with van der Waals surface area (Å²) in [7, 11) is 0. The quantitative estimate of drug-likeness (QED) is 0.315. The number of rotatable bonds is 9. The second kappa shape index (κ2) is 11.6. The molecular weight excluding hydrogens is 461 g/mol. The molecule has 0 saturated carbocycles. The fourth-order valence-corrected chi connectivity index (χ4v) is 2.20. The number of nitrogens with zero attached hydrogens (tertiary/aromatic N) is 3. The van der Waals surface area contributed by atoms with Gasteiger partial charge in [-0.15, -0.1) is 24.0 Å². The zero-order chi connectivity index (χ0) is 18.9. The van der Waals surface area contributed by atoms with Crippen LogP contribution in [0.1, 0.15) is 45.3 Å². The Morgan fingerprint density at radius 2 is 2.00 bits per heavy atom. The molecule has 0 aliphatic heterocycles. The Morgan fingerprint density at radius 3 is 2.63 bits per heavy atom. The van der Waals surface area contributed by atoms with Gasteiger partial charge in [-0.3, -0.25) is 4.99 Å². The molecule has 8 nitrogen and oxygen atoms in total. The number of guanidine groups is 1. The van der Waals surface area contributed by atoms with Crippen molar-refractivity contribution in [2.45, 2.75) is 40.0 Å². The molecule has 0 bridgehead atoms. The molecule has 1 heterocycles. The third kappa shape index (κ3) is 7.24. The Kier molecular flexibility index (Phi) is 9.90. The van der Waals surface area contributed by atoms with E-state index in [4.69, 9.17) is 19.7 Å². The average molecular weight is 489 g/mol. The van der Waals surface area contributed by atoms with Gasteiger partial charge < -0.3 is 25.0 Å². The first-order chi connectivity index (χ1) is 12.5. The second-order valence-electron chi connectivity index (χ2n) is 5.87. The van der Waals surface area contributed by atoms with E-state index < -0.39 is 0 Å². The highest BCUT2D eigenvalue weighted by Crippen LogP contribution is 2.29. The Morgan fingerprint density at radius 1 is 1.26 bits per heavy atom. The van der Waals surface area contributed by atoms with Gasteiger partial charge in [0.2, 0.25) is 5.89 Å². The lowest BCUT2D eigenvalue weighted by atomic mass is 10.2. The average Bonchev–Trinajstić information content (AvgIpc) is 3.07. The summed E-state index contributed by atoms with van der Waals surface area (Å²) >= 11 is 0. The third-order valence-electron chi connectivity index (χ3n) is 3.43. The molecule has 2 aromatic rings. The SMILES string of the molecule is CCOc1ccc(OCC)c(NC(N)=NCCc2nc(C(C)C)no2)c1.I. The monoisotopic (exact) mass is 489 g/mol. The number of benzene rings is 1. The van der Waals surface area contributed by atoms with E-state index in [2.05, 4.69) is 20.4 Å². The minimum Gasteiger partial charge on any atom is -0.494 e. The Hall–Kier alpha value is -2.04. The number of hydrogen-bond acceptors (Lipinski definition) is 6. The van der Waals surface area contributed by atoms with Gasteiger partial charge in [-0.2, -0.15) is 4.98 Å². The predicted octanol–water partition coefficient (Wildman–Crippen LogP) is 3.58. The summed E-state index contributed by atoms with van der Waals surface area (Å²) in [6, 6.07) is 5.54. The molecule has 0 aliphatic carbocycles. The first-order valence-electron chi connectivity index (χ1n) is 8.82. The van der Waals surface area contributed by atoms with E-state index in [1.807, 2.05) is 45.9 Å². The van der Waals surface area contributed by atoms with Crippen LogP contribution in [0.15, 0.2) is 27.7 Å². The highest BCUT2D eigenvalue weighted by atomic mass is 127. The van der Waals surface area contributed by atoms with Crippen LogP contribution in [0, 0.1) is 0 Å². The zero-order valence-electron chi connectivity index (χ0n) is 16.2. The summed E-state index contributed by atoms with van der Waals surface area (Å²) in [5, 5.41) is 6.99. The first-order valence-corrected chi connectivity index (χ1v) is 8.82. The number of anilines is 1. The maximum Gasteiger partial charge on any atom is 0.228 e. The van der Waals surface area contributed by atoms with E-state index in [0.29, 0.717) is 49.3 Å². The molecule has 0 saturated heterocycles. The third-order valence-corrected chi connectivity index (χ3v) is 3.43. The molecule has 1 aromatic carbocycles. The number of aromatic nitrogens is 2. The van der Waals surface area contributed by atoms with Crippen molar-refractivity contribution in [1.29, 1.82) is 0 Å². The number of hydrogen-bond donors (Lipinski definition) is 2. The van der Waals surface area contributed by atoms with Gasteiger partial charge in [-0.25, -0.2) is 0 Å². The summed E-state index contributed by atoms with van der Waals surface area (Å²) in [4.78, 5) is 8.62. The number of aliphatic imine (C=N–C) groups is 1. The van der Waals surface area contributed by atoms with Gasteiger partial charge in [-0.1, -0.05) is 19.0 Å². The molecule has 150 valence electrons. The van der Waals surface area contributed by atoms with E-state index in [1.165, 1.54) is 0 Å². The van der Waals surface area contributed by atoms with Crippen molar-refractivity contribution in [1.82, 2.24) is 10.1 Å². The van der Waals surface area contributed by atoms with Gasteiger partial charge in [0, 0.05) is 18.4 Å². The standard InChI is InChI=1S/C18H27N5O3.HI/c1-5-24-13-7-8-15(25-6-2)14(11-13)21-18(19)20-10-9-16-22-17(12(3)4)23-26-16;/h7-8,11-12H,5-6,9-10H2,1-4H3,(H3,19,20,21);1H. The van der Waals surface area contributed by atoms with E-state index in [-0.39, 0.29) is 35.9 Å². The molecule has 0 fully saturated rings. The fourth-order valence-electron chi connectivity index (χ4n) is 2.20. The highest BCUT2D eigenvalue weighted by molar-refractivity contribution is 14.0. The summed E-state index contributed by atoms with van der Waals surface area (Å²) in [6.45, 7) is 9.46. The lowest BCUT2D eigenvalue weighted by Crippen LogP contribution is -2.23. The molecular formula is C18H28IN5O3. The van der Waals surface area contributed by atoms with Crippen LogP contribution in [-0.4, -0.2) is 35.9 Å². The maximum absolute atomic E-state index is 5.99. The van der Waals surface area contributed by atoms with Crippen molar-refractivity contribution in [3.8, 4) is 11.5 Å². The lowest BCUT2D eigenvalue weighted by molar-refractivity contribution is 0.332. The summed E-state index contributed by atoms with van der Waals surface area (Å²) in [5.74, 6) is 3.19. The number of ether oxygens (including phenoxy) is 2. The summed E-state index contributed by atoms with van der Waals surface area (Å²) in [5.41, 5.74) is 6.70. The molecule has 0 radical (unpaired) electrons. The van der Waals surface area contributed by atoms with Crippen LogP contribution in [-0.2, 0) is 6.42 Å². The van der Waals surface area contributed by atoms with Crippen LogP contribution in [0.5, 0.6) is 11.5 Å². The van der Waals surface area contributed by atoms with Crippen LogP contribution in [0.4, 0.5) is 5.69 Å². The maximum atomic E-state index is 5.99. The van der Waals surface area contributed by atoms with Gasteiger partial charge in [0.1, 0.15) is 11.5 Å². The van der Waals surface area contributed by atoms with E-state index in [9.17, 15) is 0 Å². The summed E-state index contributed by atoms with van der Waals surface area (Å²) in [6.07, 6.45) is 0.527. The minimum atomic E-state index is 0. The Labute approximate surface area is 176 Å². The topological polar surface area (TPSA) is 108 Å². The number of nitrogens with two attached hydrogens (primary N) is 1. The van der Waals surface area contributed by atoms with Crippen LogP contribution >= 0.6 is 24.0 Å². The highest BCUT2D eigenvalue weighted by Gasteiger charge is 2.10. The fraction of sp³-hybridized carbons (Fsp3) is 0.500. The van der Waals surface area contributed by atoms with Crippen molar-refractivity contribution in [3.63, 3.8) is 0 Å². The molecule has 0 aliphatic rings. The summed E-state index contributed by atoms with van der Waals surface area (Å²) < 4.78 is 16.3. The normalized spacial score (nSPS) is 11.2. The molecule has 0 amide bonds. The van der Waals surface area contributed by atoms with Crippen molar-refractivity contribution in [2.75, 3.05) is 25.1 Å². The van der Waals surface area contributed by atoms with E-state index in [1.54, 1.807) is 0 Å². The zero-order valence-corrected chi connectivity index (χ0v) is 18.5. The Bertz CT molecular complexity index is 734. The molecule has 3 N–H and O–H groups in total. The van der Waals surface area contributed by atoms with E-state index in [0.717, 1.165) is 5.75 Å². The largest absolute Gasteiger partial charge is 0.494 e. The molecule has 1 aromatic heterocycles. The number of halogens is 1. The van der Waals surface area contributed by atoms with Gasteiger partial charge in [0.25, 0.3) is 0 Å². The van der Waals surface area contributed by atoms with Gasteiger partial charge in [0.15, 0.2) is 11.8 Å². The van der Waals surface area contributed by atoms with Crippen LogP contribution in [0.25, 0.3) is 0 Å². The van der Waals surface area contributed by atoms with Crippen LogP contribution < -0.4 is 20.5 Å². The number of nitrogens with one attached hydrogen (secondary N) is 1. The lowest BCUT2D eigenvalue weighted by Gasteiger charge is -2.13. The molecule has 2 rings (SSSR count). The molecule has 9 heteroatoms. The molecule has 0 unspecified atom stereocenters.